The molecular formula is C22H37N5. The Morgan fingerprint density at radius 1 is 1.11 bits per heavy atom. The molecule has 0 aromatic heterocycles. The quantitative estimate of drug-likeness (QED) is 0.596. The number of nitrogens with zero attached hydrogens (tertiary/aromatic N) is 3. The maximum atomic E-state index is 4.44. The molecule has 0 bridgehead atoms. The lowest BCUT2D eigenvalue weighted by Gasteiger charge is -2.31. The lowest BCUT2D eigenvalue weighted by atomic mass is 9.93. The fraction of sp³-hybridized carbons (Fsp3) is 0.682. The van der Waals surface area contributed by atoms with Crippen molar-refractivity contribution < 1.29 is 0 Å². The van der Waals surface area contributed by atoms with E-state index in [0.717, 1.165) is 37.9 Å². The molecule has 1 atom stereocenters. The standard InChI is InChI=1S/C22H37N5/c1-4-26-14-10-19(11-15-26)9-13-24-22(23-3)25-20-12-16-27(17-20)21-7-5-18(2)6-8-21/h5-8,19-20H,4,9-17H2,1-3H3,(H2,23,24,25). The van der Waals surface area contributed by atoms with E-state index in [-0.39, 0.29) is 0 Å². The van der Waals surface area contributed by atoms with Gasteiger partial charge < -0.3 is 20.4 Å². The fourth-order valence-corrected chi connectivity index (χ4v) is 4.24. The van der Waals surface area contributed by atoms with Crippen molar-refractivity contribution in [2.75, 3.05) is 51.2 Å². The van der Waals surface area contributed by atoms with E-state index in [1.165, 1.54) is 50.1 Å². The van der Waals surface area contributed by atoms with Crippen LogP contribution in [0.5, 0.6) is 0 Å². The summed E-state index contributed by atoms with van der Waals surface area (Å²) in [6.07, 6.45) is 5.09. The molecule has 3 rings (SSSR count). The molecule has 0 amide bonds. The van der Waals surface area contributed by atoms with Crippen LogP contribution < -0.4 is 15.5 Å². The number of guanidine groups is 1. The maximum absolute atomic E-state index is 4.44. The van der Waals surface area contributed by atoms with Crippen LogP contribution in [0.4, 0.5) is 5.69 Å². The van der Waals surface area contributed by atoms with Gasteiger partial charge in [-0.1, -0.05) is 24.6 Å². The van der Waals surface area contributed by atoms with Crippen LogP contribution in [0.3, 0.4) is 0 Å². The van der Waals surface area contributed by atoms with E-state index in [4.69, 9.17) is 0 Å². The smallest absolute Gasteiger partial charge is 0.191 e. The van der Waals surface area contributed by atoms with Gasteiger partial charge in [0, 0.05) is 38.4 Å². The Morgan fingerprint density at radius 2 is 1.85 bits per heavy atom. The van der Waals surface area contributed by atoms with E-state index in [2.05, 4.69) is 63.5 Å². The summed E-state index contributed by atoms with van der Waals surface area (Å²) in [6, 6.07) is 9.32. The van der Waals surface area contributed by atoms with Gasteiger partial charge in [-0.2, -0.15) is 0 Å². The number of aryl methyl sites for hydroxylation is 1. The highest BCUT2D eigenvalue weighted by Crippen LogP contribution is 2.21. The number of rotatable bonds is 6. The second-order valence-electron chi connectivity index (χ2n) is 8.08. The van der Waals surface area contributed by atoms with Gasteiger partial charge >= 0.3 is 0 Å². The first-order valence-corrected chi connectivity index (χ1v) is 10.7. The largest absolute Gasteiger partial charge is 0.369 e. The number of aliphatic imine (C=N–C) groups is 1. The van der Waals surface area contributed by atoms with E-state index in [1.807, 2.05) is 7.05 Å². The first-order valence-electron chi connectivity index (χ1n) is 10.7. The Labute approximate surface area is 165 Å². The molecule has 2 heterocycles. The van der Waals surface area contributed by atoms with E-state index >= 15 is 0 Å². The average Bonchev–Trinajstić information content (AvgIpc) is 3.17. The van der Waals surface area contributed by atoms with Gasteiger partial charge in [-0.3, -0.25) is 4.99 Å². The number of nitrogens with one attached hydrogen (secondary N) is 2. The van der Waals surface area contributed by atoms with E-state index in [1.54, 1.807) is 0 Å². The Balaban J connectivity index is 1.37. The minimum Gasteiger partial charge on any atom is -0.369 e. The zero-order valence-corrected chi connectivity index (χ0v) is 17.4. The number of anilines is 1. The Hall–Kier alpha value is -1.75. The van der Waals surface area contributed by atoms with Crippen molar-refractivity contribution in [3.05, 3.63) is 29.8 Å². The number of piperidine rings is 1. The monoisotopic (exact) mass is 371 g/mol. The van der Waals surface area contributed by atoms with E-state index < -0.39 is 0 Å². The van der Waals surface area contributed by atoms with Gasteiger partial charge in [-0.05, 0) is 70.3 Å². The third-order valence-corrected chi connectivity index (χ3v) is 6.15. The van der Waals surface area contributed by atoms with Crippen molar-refractivity contribution in [2.24, 2.45) is 10.9 Å². The van der Waals surface area contributed by atoms with Crippen LogP contribution in [-0.2, 0) is 0 Å². The predicted octanol–water partition coefficient (Wildman–Crippen LogP) is 2.86. The SMILES string of the molecule is CCN1CCC(CCNC(=NC)NC2CCN(c3ccc(C)cc3)C2)CC1. The summed E-state index contributed by atoms with van der Waals surface area (Å²) in [6.45, 7) is 11.3. The minimum absolute atomic E-state index is 0.463. The lowest BCUT2D eigenvalue weighted by molar-refractivity contribution is 0.187. The molecule has 2 fully saturated rings. The lowest BCUT2D eigenvalue weighted by Crippen LogP contribution is -2.45. The van der Waals surface area contributed by atoms with Crippen molar-refractivity contribution in [3.8, 4) is 0 Å². The van der Waals surface area contributed by atoms with Crippen LogP contribution in [0.15, 0.2) is 29.3 Å². The average molecular weight is 372 g/mol. The van der Waals surface area contributed by atoms with E-state index in [9.17, 15) is 0 Å². The van der Waals surface area contributed by atoms with E-state index in [0.29, 0.717) is 6.04 Å². The van der Waals surface area contributed by atoms with Crippen LogP contribution in [-0.4, -0.2) is 63.2 Å². The summed E-state index contributed by atoms with van der Waals surface area (Å²) < 4.78 is 0. The molecule has 0 saturated carbocycles. The molecule has 2 aliphatic heterocycles. The Bertz CT molecular complexity index is 589. The summed E-state index contributed by atoms with van der Waals surface area (Å²) in [7, 11) is 1.88. The molecule has 0 radical (unpaired) electrons. The summed E-state index contributed by atoms with van der Waals surface area (Å²) in [5.74, 6) is 1.82. The van der Waals surface area contributed by atoms with Gasteiger partial charge in [0.2, 0.25) is 0 Å². The summed E-state index contributed by atoms with van der Waals surface area (Å²) in [4.78, 5) is 9.46. The molecule has 2 N–H and O–H groups in total. The molecule has 5 nitrogen and oxygen atoms in total. The van der Waals surface area contributed by atoms with Gasteiger partial charge in [0.05, 0.1) is 0 Å². The molecule has 27 heavy (non-hydrogen) atoms. The molecule has 2 aliphatic rings. The topological polar surface area (TPSA) is 42.9 Å². The maximum Gasteiger partial charge on any atom is 0.191 e. The molecule has 1 aromatic carbocycles. The van der Waals surface area contributed by atoms with Gasteiger partial charge in [-0.25, -0.2) is 0 Å². The molecule has 1 unspecified atom stereocenters. The van der Waals surface area contributed by atoms with Gasteiger partial charge in [0.15, 0.2) is 5.96 Å². The van der Waals surface area contributed by atoms with Crippen molar-refractivity contribution in [1.29, 1.82) is 0 Å². The summed E-state index contributed by atoms with van der Waals surface area (Å²) in [5.41, 5.74) is 2.64. The molecule has 150 valence electrons. The molecule has 0 aliphatic carbocycles. The highest BCUT2D eigenvalue weighted by molar-refractivity contribution is 5.80. The number of benzene rings is 1. The highest BCUT2D eigenvalue weighted by atomic mass is 15.2. The van der Waals surface area contributed by atoms with Crippen molar-refractivity contribution in [1.82, 2.24) is 15.5 Å². The van der Waals surface area contributed by atoms with Crippen molar-refractivity contribution >= 4 is 11.6 Å². The predicted molar refractivity (Wildman–Crippen MR) is 116 cm³/mol. The third-order valence-electron chi connectivity index (χ3n) is 6.15. The van der Waals surface area contributed by atoms with Crippen molar-refractivity contribution in [3.63, 3.8) is 0 Å². The normalized spacial score (nSPS) is 22.3. The summed E-state index contributed by atoms with van der Waals surface area (Å²) >= 11 is 0. The molecule has 5 heteroatoms. The molecule has 2 saturated heterocycles. The van der Waals surface area contributed by atoms with Crippen LogP contribution >= 0.6 is 0 Å². The van der Waals surface area contributed by atoms with Crippen LogP contribution in [0.25, 0.3) is 0 Å². The summed E-state index contributed by atoms with van der Waals surface area (Å²) in [5, 5.41) is 7.16. The first kappa shape index (κ1) is 20.0. The van der Waals surface area contributed by atoms with Crippen LogP contribution in [0.1, 0.15) is 38.2 Å². The molecular weight excluding hydrogens is 334 g/mol. The number of hydrogen-bond acceptors (Lipinski definition) is 3. The highest BCUT2D eigenvalue weighted by Gasteiger charge is 2.23. The third kappa shape index (κ3) is 5.86. The zero-order valence-electron chi connectivity index (χ0n) is 17.4. The minimum atomic E-state index is 0.463. The van der Waals surface area contributed by atoms with Crippen LogP contribution in [0, 0.1) is 12.8 Å². The zero-order chi connectivity index (χ0) is 19.1. The Kier molecular flexibility index (Phi) is 7.39. The first-order chi connectivity index (χ1) is 13.2. The second kappa shape index (κ2) is 9.98. The van der Waals surface area contributed by atoms with Gasteiger partial charge in [-0.15, -0.1) is 0 Å². The van der Waals surface area contributed by atoms with Crippen LogP contribution in [0.2, 0.25) is 0 Å². The molecule has 0 spiro atoms. The Morgan fingerprint density at radius 3 is 2.52 bits per heavy atom. The van der Waals surface area contributed by atoms with Gasteiger partial charge in [0.25, 0.3) is 0 Å². The number of likely N-dealkylation sites (tertiary alicyclic amines) is 1. The van der Waals surface area contributed by atoms with Crippen molar-refractivity contribution in [2.45, 2.75) is 45.6 Å². The number of hydrogen-bond donors (Lipinski definition) is 2. The fourth-order valence-electron chi connectivity index (χ4n) is 4.24. The van der Waals surface area contributed by atoms with Gasteiger partial charge in [0.1, 0.15) is 0 Å². The molecule has 1 aromatic rings. The second-order valence-corrected chi connectivity index (χ2v) is 8.08.